The van der Waals surface area contributed by atoms with Crippen molar-refractivity contribution in [3.63, 3.8) is 0 Å². The fourth-order valence-electron chi connectivity index (χ4n) is 3.70. The van der Waals surface area contributed by atoms with Crippen molar-refractivity contribution in [2.75, 3.05) is 12.4 Å². The van der Waals surface area contributed by atoms with Crippen molar-refractivity contribution in [2.24, 2.45) is 0 Å². The molecule has 156 valence electrons. The van der Waals surface area contributed by atoms with Crippen LogP contribution >= 0.6 is 11.6 Å². The monoisotopic (exact) mass is 418 g/mol. The molecular formula is C21H27ClN4O3. The van der Waals surface area contributed by atoms with Gasteiger partial charge in [0.1, 0.15) is 5.60 Å². The molecule has 29 heavy (non-hydrogen) atoms. The number of aliphatic hydroxyl groups is 1. The van der Waals surface area contributed by atoms with Gasteiger partial charge in [0, 0.05) is 23.0 Å². The van der Waals surface area contributed by atoms with Crippen LogP contribution in [0.15, 0.2) is 29.1 Å². The van der Waals surface area contributed by atoms with Crippen LogP contribution < -0.4 is 11.4 Å². The molecule has 3 rings (SSSR count). The van der Waals surface area contributed by atoms with Crippen LogP contribution in [0.2, 0.25) is 5.02 Å². The summed E-state index contributed by atoms with van der Waals surface area (Å²) in [4.78, 5) is 32.0. The van der Waals surface area contributed by atoms with E-state index < -0.39 is 11.5 Å². The van der Waals surface area contributed by atoms with Crippen molar-refractivity contribution in [1.29, 1.82) is 0 Å². The molecule has 3 N–H and O–H groups in total. The second kappa shape index (κ2) is 8.16. The Hall–Kier alpha value is -2.38. The number of unbranched alkanes of at least 4 members (excludes halogenated alkanes) is 1. The zero-order valence-corrected chi connectivity index (χ0v) is 17.7. The van der Waals surface area contributed by atoms with Gasteiger partial charge in [-0.25, -0.2) is 9.66 Å². The summed E-state index contributed by atoms with van der Waals surface area (Å²) >= 11 is 5.97. The second-order valence-electron chi connectivity index (χ2n) is 8.07. The molecule has 0 bridgehead atoms. The topological polar surface area (TPSA) is 101 Å². The van der Waals surface area contributed by atoms with Gasteiger partial charge in [0.2, 0.25) is 0 Å². The van der Waals surface area contributed by atoms with Gasteiger partial charge in [-0.1, -0.05) is 31.4 Å². The average molecular weight is 419 g/mol. The Morgan fingerprint density at radius 1 is 1.34 bits per heavy atom. The number of nitrogens with two attached hydrogens (primary N) is 1. The number of nitrogens with zero attached hydrogens (tertiary/aromatic N) is 3. The molecule has 1 unspecified atom stereocenters. The molecule has 2 heterocycles. The first-order valence-corrected chi connectivity index (χ1v) is 10.2. The van der Waals surface area contributed by atoms with Crippen molar-refractivity contribution >= 4 is 17.5 Å². The second-order valence-corrected chi connectivity index (χ2v) is 8.50. The third-order valence-electron chi connectivity index (χ3n) is 5.24. The number of nitrogen functional groups attached to an aromatic ring is 1. The van der Waals surface area contributed by atoms with Crippen molar-refractivity contribution in [1.82, 2.24) is 14.6 Å². The third kappa shape index (κ3) is 4.31. The molecule has 0 saturated carbocycles. The molecule has 0 saturated heterocycles. The lowest BCUT2D eigenvalue weighted by Crippen LogP contribution is -2.50. The molecule has 1 aliphatic heterocycles. The molecule has 0 fully saturated rings. The number of carbonyl (C=O) groups is 1. The zero-order chi connectivity index (χ0) is 21.3. The Balaban J connectivity index is 2.10. The first-order chi connectivity index (χ1) is 13.6. The Kier molecular flexibility index (Phi) is 6.00. The van der Waals surface area contributed by atoms with Gasteiger partial charge in [-0.2, -0.15) is 0 Å². The molecule has 1 aliphatic rings. The number of hydrogen-bond acceptors (Lipinski definition) is 5. The Labute approximate surface area is 175 Å². The number of aromatic nitrogens is 2. The number of carbonyl (C=O) groups excluding carboxylic acids is 1. The summed E-state index contributed by atoms with van der Waals surface area (Å²) in [6, 6.07) is 6.99. The van der Waals surface area contributed by atoms with E-state index >= 15 is 0 Å². The standard InChI is InChI=1S/C21H27ClN4O3/c1-4-5-6-14-11-25(20(28)21(2,3)29)12-16-17(14)24-18(26(23)19(16)27)13-7-9-15(22)10-8-13/h7-10,14,29H,4-6,11-12,23H2,1-3H3. The minimum atomic E-state index is -1.51. The first-order valence-electron chi connectivity index (χ1n) is 9.82. The van der Waals surface area contributed by atoms with Crippen LogP contribution in [0.25, 0.3) is 11.4 Å². The van der Waals surface area contributed by atoms with Crippen LogP contribution in [0.4, 0.5) is 0 Å². The molecule has 1 aromatic carbocycles. The minimum absolute atomic E-state index is 0.0880. The highest BCUT2D eigenvalue weighted by Crippen LogP contribution is 2.32. The van der Waals surface area contributed by atoms with E-state index in [2.05, 4.69) is 6.92 Å². The molecule has 2 aromatic rings. The van der Waals surface area contributed by atoms with E-state index in [1.807, 2.05) is 0 Å². The largest absolute Gasteiger partial charge is 0.381 e. The lowest BCUT2D eigenvalue weighted by molar-refractivity contribution is -0.149. The van der Waals surface area contributed by atoms with E-state index in [9.17, 15) is 14.7 Å². The molecule has 7 nitrogen and oxygen atoms in total. The predicted octanol–water partition coefficient (Wildman–Crippen LogP) is 2.66. The van der Waals surface area contributed by atoms with E-state index in [1.54, 1.807) is 24.3 Å². The smallest absolute Gasteiger partial charge is 0.277 e. The molecule has 8 heteroatoms. The van der Waals surface area contributed by atoms with Crippen LogP contribution in [0, 0.1) is 0 Å². The van der Waals surface area contributed by atoms with Crippen LogP contribution in [0.1, 0.15) is 57.2 Å². The van der Waals surface area contributed by atoms with Crippen LogP contribution in [0.3, 0.4) is 0 Å². The van der Waals surface area contributed by atoms with E-state index in [-0.39, 0.29) is 18.0 Å². The van der Waals surface area contributed by atoms with Gasteiger partial charge in [-0.15, -0.1) is 0 Å². The molecule has 0 aliphatic carbocycles. The molecule has 1 amide bonds. The number of fused-ring (bicyclic) bond motifs is 1. The molecular weight excluding hydrogens is 392 g/mol. The lowest BCUT2D eigenvalue weighted by Gasteiger charge is -2.36. The van der Waals surface area contributed by atoms with E-state index in [0.29, 0.717) is 34.2 Å². The Bertz CT molecular complexity index is 964. The Morgan fingerprint density at radius 2 is 2.00 bits per heavy atom. The van der Waals surface area contributed by atoms with E-state index in [0.717, 1.165) is 23.9 Å². The summed E-state index contributed by atoms with van der Waals surface area (Å²) in [5.41, 5.74) is -0.0913. The quantitative estimate of drug-likeness (QED) is 0.727. The lowest BCUT2D eigenvalue weighted by atomic mass is 9.89. The first kappa shape index (κ1) is 21.3. The fourth-order valence-corrected chi connectivity index (χ4v) is 3.83. The van der Waals surface area contributed by atoms with Crippen LogP contribution in [0.5, 0.6) is 0 Å². The van der Waals surface area contributed by atoms with E-state index in [1.165, 1.54) is 18.7 Å². The summed E-state index contributed by atoms with van der Waals surface area (Å²) in [7, 11) is 0. The maximum atomic E-state index is 13.1. The summed E-state index contributed by atoms with van der Waals surface area (Å²) in [5.74, 6) is 5.95. The van der Waals surface area contributed by atoms with Crippen molar-refractivity contribution in [3.05, 3.63) is 50.9 Å². The van der Waals surface area contributed by atoms with Crippen molar-refractivity contribution < 1.29 is 9.90 Å². The number of benzene rings is 1. The number of rotatable bonds is 5. The predicted molar refractivity (Wildman–Crippen MR) is 113 cm³/mol. The summed E-state index contributed by atoms with van der Waals surface area (Å²) in [6.45, 7) is 5.50. The minimum Gasteiger partial charge on any atom is -0.381 e. The summed E-state index contributed by atoms with van der Waals surface area (Å²) in [6.07, 6.45) is 2.72. The number of amides is 1. The maximum Gasteiger partial charge on any atom is 0.277 e. The van der Waals surface area contributed by atoms with E-state index in [4.69, 9.17) is 22.4 Å². The molecule has 1 atom stereocenters. The highest BCUT2D eigenvalue weighted by atomic mass is 35.5. The highest BCUT2D eigenvalue weighted by molar-refractivity contribution is 6.30. The zero-order valence-electron chi connectivity index (χ0n) is 17.0. The fraction of sp³-hybridized carbons (Fsp3) is 0.476. The van der Waals surface area contributed by atoms with Gasteiger partial charge < -0.3 is 15.8 Å². The van der Waals surface area contributed by atoms with Crippen LogP contribution in [-0.4, -0.2) is 37.7 Å². The van der Waals surface area contributed by atoms with Gasteiger partial charge >= 0.3 is 0 Å². The van der Waals surface area contributed by atoms with Gasteiger partial charge in [0.25, 0.3) is 11.5 Å². The van der Waals surface area contributed by atoms with Gasteiger partial charge in [0.05, 0.1) is 17.8 Å². The van der Waals surface area contributed by atoms with Gasteiger partial charge in [-0.05, 0) is 44.5 Å². The highest BCUT2D eigenvalue weighted by Gasteiger charge is 2.37. The summed E-state index contributed by atoms with van der Waals surface area (Å²) in [5, 5.41) is 10.7. The summed E-state index contributed by atoms with van der Waals surface area (Å²) < 4.78 is 1.02. The van der Waals surface area contributed by atoms with Crippen molar-refractivity contribution in [2.45, 2.75) is 58.1 Å². The Morgan fingerprint density at radius 3 is 2.59 bits per heavy atom. The molecule has 1 aromatic heterocycles. The third-order valence-corrected chi connectivity index (χ3v) is 5.49. The molecule has 0 spiro atoms. The average Bonchev–Trinajstić information content (AvgIpc) is 2.68. The van der Waals surface area contributed by atoms with Gasteiger partial charge in [-0.3, -0.25) is 9.59 Å². The van der Waals surface area contributed by atoms with Crippen LogP contribution in [-0.2, 0) is 11.3 Å². The van der Waals surface area contributed by atoms with Crippen molar-refractivity contribution in [3.8, 4) is 11.4 Å². The maximum absolute atomic E-state index is 13.1. The van der Waals surface area contributed by atoms with Gasteiger partial charge in [0.15, 0.2) is 5.82 Å². The number of halogens is 1. The molecule has 0 radical (unpaired) electrons. The number of hydrogen-bond donors (Lipinski definition) is 2. The SMILES string of the molecule is CCCCC1CN(C(=O)C(C)(C)O)Cc2c1nc(-c1ccc(Cl)cc1)n(N)c2=O. The normalized spacial score (nSPS) is 16.6.